The zero-order valence-electron chi connectivity index (χ0n) is 9.68. The van der Waals surface area contributed by atoms with Crippen molar-refractivity contribution < 1.29 is 14.6 Å². The van der Waals surface area contributed by atoms with E-state index in [0.717, 1.165) is 0 Å². The van der Waals surface area contributed by atoms with Gasteiger partial charge in [-0.2, -0.15) is 0 Å². The molecule has 0 unspecified atom stereocenters. The number of hydrogen-bond acceptors (Lipinski definition) is 3. The van der Waals surface area contributed by atoms with E-state index in [1.807, 2.05) is 0 Å². The van der Waals surface area contributed by atoms with Crippen LogP contribution < -0.4 is 0 Å². The summed E-state index contributed by atoms with van der Waals surface area (Å²) in [5, 5.41) is 9.59. The van der Waals surface area contributed by atoms with E-state index in [1.54, 1.807) is 34.6 Å². The van der Waals surface area contributed by atoms with E-state index in [1.165, 1.54) is 0 Å². The number of aliphatic hydroxyl groups is 1. The van der Waals surface area contributed by atoms with Gasteiger partial charge >= 0.3 is 5.97 Å². The maximum absolute atomic E-state index is 11.2. The normalized spacial score (nSPS) is 12.4. The highest BCUT2D eigenvalue weighted by atomic mass is 16.6. The molecule has 82 valence electrons. The molecule has 0 fully saturated rings. The lowest BCUT2D eigenvalue weighted by atomic mass is 9.92. The van der Waals surface area contributed by atoms with Crippen LogP contribution in [0.3, 0.4) is 0 Å². The molecule has 0 spiro atoms. The Labute approximate surface area is 85.8 Å². The topological polar surface area (TPSA) is 46.5 Å². The fourth-order valence-corrected chi connectivity index (χ4v) is 1.42. The van der Waals surface area contributed by atoms with Gasteiger partial charge in [0.2, 0.25) is 0 Å². The number of hydrogen-bond donors (Lipinski definition) is 1. The predicted molar refractivity (Wildman–Crippen MR) is 55.9 cm³/mol. The Balaban J connectivity index is 4.35. The second kappa shape index (κ2) is 4.13. The first-order chi connectivity index (χ1) is 6.03. The van der Waals surface area contributed by atoms with Crippen LogP contribution in [0, 0.1) is 0 Å². The van der Waals surface area contributed by atoms with Gasteiger partial charge in [0.25, 0.3) is 0 Å². The van der Waals surface area contributed by atoms with Gasteiger partial charge in [-0.3, -0.25) is 0 Å². The number of carbonyl (C=O) groups is 1. The van der Waals surface area contributed by atoms with Crippen molar-refractivity contribution in [2.45, 2.75) is 52.2 Å². The van der Waals surface area contributed by atoms with Crippen LogP contribution in [0.25, 0.3) is 0 Å². The number of carbonyl (C=O) groups excluding carboxylic acids is 1. The van der Waals surface area contributed by atoms with Crippen LogP contribution in [-0.4, -0.2) is 22.3 Å². The molecule has 0 aromatic heterocycles. The Hall–Kier alpha value is -0.830. The van der Waals surface area contributed by atoms with Gasteiger partial charge in [-0.05, 0) is 34.6 Å². The molecule has 0 saturated heterocycles. The molecule has 0 aliphatic carbocycles. The third kappa shape index (κ3) is 5.75. The highest BCUT2D eigenvalue weighted by molar-refractivity contribution is 5.87. The number of ether oxygens (including phenoxy) is 1. The summed E-state index contributed by atoms with van der Waals surface area (Å²) in [4.78, 5) is 11.2. The Morgan fingerprint density at radius 1 is 1.36 bits per heavy atom. The van der Waals surface area contributed by atoms with Crippen LogP contribution >= 0.6 is 0 Å². The predicted octanol–water partition coefficient (Wildman–Crippen LogP) is 2.05. The van der Waals surface area contributed by atoms with Gasteiger partial charge in [0.15, 0.2) is 0 Å². The minimum Gasteiger partial charge on any atom is -0.456 e. The van der Waals surface area contributed by atoms with Crippen LogP contribution in [0.5, 0.6) is 0 Å². The van der Waals surface area contributed by atoms with E-state index in [4.69, 9.17) is 4.74 Å². The molecular weight excluding hydrogens is 180 g/mol. The fourth-order valence-electron chi connectivity index (χ4n) is 1.42. The lowest BCUT2D eigenvalue weighted by Crippen LogP contribution is -2.37. The summed E-state index contributed by atoms with van der Waals surface area (Å²) in [7, 11) is 0. The van der Waals surface area contributed by atoms with E-state index in [-0.39, 0.29) is 0 Å². The minimum absolute atomic E-state index is 0.369. The summed E-state index contributed by atoms with van der Waals surface area (Å²) in [6, 6.07) is 0. The van der Waals surface area contributed by atoms with Crippen LogP contribution in [0.15, 0.2) is 12.2 Å². The quantitative estimate of drug-likeness (QED) is 0.558. The minimum atomic E-state index is -0.848. The van der Waals surface area contributed by atoms with Crippen molar-refractivity contribution in [1.82, 2.24) is 0 Å². The van der Waals surface area contributed by atoms with Gasteiger partial charge in [0.1, 0.15) is 5.60 Å². The summed E-state index contributed by atoms with van der Waals surface area (Å²) in [5.41, 5.74) is -1.15. The van der Waals surface area contributed by atoms with Crippen molar-refractivity contribution in [1.29, 1.82) is 0 Å². The van der Waals surface area contributed by atoms with E-state index < -0.39 is 17.2 Å². The van der Waals surface area contributed by atoms with E-state index in [0.29, 0.717) is 12.0 Å². The van der Waals surface area contributed by atoms with E-state index in [2.05, 4.69) is 6.58 Å². The van der Waals surface area contributed by atoms with Crippen molar-refractivity contribution in [3.05, 3.63) is 12.2 Å². The van der Waals surface area contributed by atoms with Crippen molar-refractivity contribution in [3.63, 3.8) is 0 Å². The maximum atomic E-state index is 11.2. The van der Waals surface area contributed by atoms with Crippen LogP contribution in [0.4, 0.5) is 0 Å². The van der Waals surface area contributed by atoms with Crippen LogP contribution in [-0.2, 0) is 9.53 Å². The molecule has 3 nitrogen and oxygen atoms in total. The molecule has 0 atom stereocenters. The molecular formula is C11H20O3. The molecule has 1 N–H and O–H groups in total. The first kappa shape index (κ1) is 13.2. The Morgan fingerprint density at radius 3 is 2.07 bits per heavy atom. The van der Waals surface area contributed by atoms with Gasteiger partial charge in [0.05, 0.1) is 5.60 Å². The zero-order chi connectivity index (χ0) is 11.6. The summed E-state index contributed by atoms with van der Waals surface area (Å²) in [5.74, 6) is -0.417. The third-order valence-electron chi connectivity index (χ3n) is 1.58. The third-order valence-corrected chi connectivity index (χ3v) is 1.58. The first-order valence-corrected chi connectivity index (χ1v) is 4.65. The zero-order valence-corrected chi connectivity index (χ0v) is 9.68. The first-order valence-electron chi connectivity index (χ1n) is 4.65. The average molecular weight is 200 g/mol. The largest absolute Gasteiger partial charge is 0.456 e. The molecule has 0 heterocycles. The molecule has 0 bridgehead atoms. The molecule has 0 aromatic carbocycles. The standard InChI is InChI=1S/C11H20O3/c1-8(2)9(12)14-11(5,6)7-10(3,4)13/h13H,1,7H2,2-6H3. The smallest absolute Gasteiger partial charge is 0.333 e. The van der Waals surface area contributed by atoms with Crippen molar-refractivity contribution in [2.24, 2.45) is 0 Å². The summed E-state index contributed by atoms with van der Waals surface area (Å²) >= 11 is 0. The molecule has 0 rings (SSSR count). The lowest BCUT2D eigenvalue weighted by Gasteiger charge is -2.31. The summed E-state index contributed by atoms with van der Waals surface area (Å²) in [6.07, 6.45) is 0.388. The van der Waals surface area contributed by atoms with Crippen molar-refractivity contribution >= 4 is 5.97 Å². The van der Waals surface area contributed by atoms with Crippen LogP contribution in [0.1, 0.15) is 41.0 Å². The van der Waals surface area contributed by atoms with Crippen LogP contribution in [0.2, 0.25) is 0 Å². The average Bonchev–Trinajstić information content (AvgIpc) is 1.78. The highest BCUT2D eigenvalue weighted by Gasteiger charge is 2.30. The fraction of sp³-hybridized carbons (Fsp3) is 0.727. The molecule has 0 aliphatic heterocycles. The number of esters is 1. The molecule has 0 amide bonds. The second-order valence-corrected chi connectivity index (χ2v) is 4.92. The molecule has 0 aliphatic rings. The SMILES string of the molecule is C=C(C)C(=O)OC(C)(C)CC(C)(C)O. The molecule has 0 aromatic rings. The maximum Gasteiger partial charge on any atom is 0.333 e. The lowest BCUT2D eigenvalue weighted by molar-refractivity contribution is -0.156. The Bertz CT molecular complexity index is 233. The van der Waals surface area contributed by atoms with E-state index >= 15 is 0 Å². The molecule has 0 radical (unpaired) electrons. The Morgan fingerprint density at radius 2 is 1.79 bits per heavy atom. The van der Waals surface area contributed by atoms with Crippen molar-refractivity contribution in [3.8, 4) is 0 Å². The van der Waals surface area contributed by atoms with E-state index in [9.17, 15) is 9.90 Å². The van der Waals surface area contributed by atoms with Gasteiger partial charge in [-0.1, -0.05) is 6.58 Å². The van der Waals surface area contributed by atoms with Gasteiger partial charge in [-0.25, -0.2) is 4.79 Å². The monoisotopic (exact) mass is 200 g/mol. The molecule has 3 heteroatoms. The molecule has 14 heavy (non-hydrogen) atoms. The highest BCUT2D eigenvalue weighted by Crippen LogP contribution is 2.23. The van der Waals surface area contributed by atoms with Gasteiger partial charge in [-0.15, -0.1) is 0 Å². The number of rotatable bonds is 4. The molecule has 0 saturated carbocycles. The van der Waals surface area contributed by atoms with Crippen molar-refractivity contribution in [2.75, 3.05) is 0 Å². The second-order valence-electron chi connectivity index (χ2n) is 4.92. The summed E-state index contributed by atoms with van der Waals surface area (Å²) in [6.45, 7) is 12.0. The van der Waals surface area contributed by atoms with Gasteiger partial charge in [0, 0.05) is 12.0 Å². The van der Waals surface area contributed by atoms with Gasteiger partial charge < -0.3 is 9.84 Å². The Kier molecular flexibility index (Phi) is 3.89. The summed E-state index contributed by atoms with van der Waals surface area (Å²) < 4.78 is 5.18.